The van der Waals surface area contributed by atoms with Crippen molar-refractivity contribution in [2.75, 3.05) is 12.4 Å². The Balaban J connectivity index is 1.96. The van der Waals surface area contributed by atoms with Crippen molar-refractivity contribution >= 4 is 28.8 Å². The maximum atomic E-state index is 12.1. The van der Waals surface area contributed by atoms with Crippen molar-refractivity contribution in [2.45, 2.75) is 6.54 Å². The first kappa shape index (κ1) is 16.3. The summed E-state index contributed by atoms with van der Waals surface area (Å²) in [4.78, 5) is 34.4. The molecule has 2 N–H and O–H groups in total. The van der Waals surface area contributed by atoms with E-state index in [0.717, 1.165) is 0 Å². The van der Waals surface area contributed by atoms with Crippen LogP contribution >= 0.6 is 0 Å². The number of fused-ring (bicyclic) bond motifs is 1. The zero-order valence-electron chi connectivity index (χ0n) is 13.2. The molecule has 0 saturated heterocycles. The lowest BCUT2D eigenvalue weighted by Crippen LogP contribution is -2.15. The fraction of sp³-hybridized carbons (Fsp3) is 0.118. The molecule has 3 rings (SSSR count). The molecule has 8 heteroatoms. The highest BCUT2D eigenvalue weighted by Gasteiger charge is 2.13. The van der Waals surface area contributed by atoms with E-state index in [1.807, 2.05) is 0 Å². The predicted molar refractivity (Wildman–Crippen MR) is 89.0 cm³/mol. The van der Waals surface area contributed by atoms with Gasteiger partial charge in [0.2, 0.25) is 0 Å². The van der Waals surface area contributed by atoms with Crippen molar-refractivity contribution in [1.82, 2.24) is 4.57 Å². The van der Waals surface area contributed by atoms with Gasteiger partial charge in [-0.05, 0) is 35.9 Å². The van der Waals surface area contributed by atoms with Crippen LogP contribution in [0.2, 0.25) is 0 Å². The van der Waals surface area contributed by atoms with Crippen LogP contribution in [0.5, 0.6) is 0 Å². The van der Waals surface area contributed by atoms with E-state index in [1.165, 1.54) is 17.7 Å². The van der Waals surface area contributed by atoms with Gasteiger partial charge in [0.05, 0.1) is 24.7 Å². The topological polar surface area (TPSA) is 111 Å². The third kappa shape index (κ3) is 3.37. The average molecular weight is 342 g/mol. The van der Waals surface area contributed by atoms with Gasteiger partial charge in [-0.2, -0.15) is 0 Å². The first-order valence-electron chi connectivity index (χ1n) is 7.28. The maximum Gasteiger partial charge on any atom is 0.420 e. The SMILES string of the molecule is COC(=O)c1ccc2c(c1)oc(=O)n2Cc1cccc(NC(=O)O)c1. The maximum absolute atomic E-state index is 12.1. The standard InChI is InChI=1S/C17H14N2O6/c1-24-15(20)11-5-6-13-14(8-11)25-17(23)19(13)9-10-3-2-4-12(7-10)18-16(21)22/h2-8,18H,9H2,1H3,(H,21,22). The molecule has 25 heavy (non-hydrogen) atoms. The highest BCUT2D eigenvalue weighted by Crippen LogP contribution is 2.18. The van der Waals surface area contributed by atoms with Crippen LogP contribution in [0.25, 0.3) is 11.1 Å². The van der Waals surface area contributed by atoms with Crippen LogP contribution in [0.1, 0.15) is 15.9 Å². The number of amides is 1. The number of oxazole rings is 1. The number of aromatic nitrogens is 1. The molecule has 0 atom stereocenters. The van der Waals surface area contributed by atoms with Gasteiger partial charge in [-0.15, -0.1) is 0 Å². The first-order chi connectivity index (χ1) is 12.0. The van der Waals surface area contributed by atoms with Gasteiger partial charge in [0, 0.05) is 5.69 Å². The molecule has 1 heterocycles. The smallest absolute Gasteiger partial charge is 0.420 e. The van der Waals surface area contributed by atoms with Gasteiger partial charge in [0.1, 0.15) is 0 Å². The Kier molecular flexibility index (Phi) is 4.25. The Morgan fingerprint density at radius 1 is 1.24 bits per heavy atom. The Hall–Kier alpha value is -3.55. The molecule has 8 nitrogen and oxygen atoms in total. The number of carbonyl (C=O) groups excluding carboxylic acids is 1. The molecule has 0 fully saturated rings. The van der Waals surface area contributed by atoms with E-state index in [-0.39, 0.29) is 17.7 Å². The van der Waals surface area contributed by atoms with E-state index < -0.39 is 17.8 Å². The summed E-state index contributed by atoms with van der Waals surface area (Å²) in [5.41, 5.74) is 2.19. The zero-order valence-corrected chi connectivity index (χ0v) is 13.2. The fourth-order valence-corrected chi connectivity index (χ4v) is 2.51. The molecule has 2 aromatic carbocycles. The monoisotopic (exact) mass is 342 g/mol. The molecule has 0 aliphatic heterocycles. The van der Waals surface area contributed by atoms with Crippen LogP contribution in [-0.2, 0) is 11.3 Å². The number of anilines is 1. The van der Waals surface area contributed by atoms with Gasteiger partial charge in [-0.1, -0.05) is 12.1 Å². The minimum atomic E-state index is -1.17. The molecule has 0 aliphatic carbocycles. The highest BCUT2D eigenvalue weighted by atomic mass is 16.5. The van der Waals surface area contributed by atoms with Gasteiger partial charge in [-0.3, -0.25) is 9.88 Å². The second-order valence-corrected chi connectivity index (χ2v) is 5.26. The number of rotatable bonds is 4. The van der Waals surface area contributed by atoms with Gasteiger partial charge >= 0.3 is 17.8 Å². The van der Waals surface area contributed by atoms with Crippen molar-refractivity contribution < 1.29 is 23.8 Å². The molecule has 128 valence electrons. The second kappa shape index (κ2) is 6.52. The number of hydrogen-bond acceptors (Lipinski definition) is 5. The summed E-state index contributed by atoms with van der Waals surface area (Å²) in [6.07, 6.45) is -1.17. The number of hydrogen-bond donors (Lipinski definition) is 2. The highest BCUT2D eigenvalue weighted by molar-refractivity contribution is 5.93. The van der Waals surface area contributed by atoms with Gasteiger partial charge < -0.3 is 14.3 Å². The Labute approximate surface area is 141 Å². The Morgan fingerprint density at radius 2 is 2.04 bits per heavy atom. The number of methoxy groups -OCH3 is 1. The summed E-state index contributed by atoms with van der Waals surface area (Å²) >= 11 is 0. The minimum Gasteiger partial charge on any atom is -0.465 e. The van der Waals surface area contributed by atoms with Gasteiger partial charge in [0.15, 0.2) is 5.58 Å². The lowest BCUT2D eigenvalue weighted by molar-refractivity contribution is 0.0600. The average Bonchev–Trinajstić information content (AvgIpc) is 2.88. The lowest BCUT2D eigenvalue weighted by Gasteiger charge is -2.06. The third-order valence-corrected chi connectivity index (χ3v) is 3.61. The number of ether oxygens (including phenoxy) is 1. The van der Waals surface area contributed by atoms with Crippen molar-refractivity contribution in [3.8, 4) is 0 Å². The molecule has 1 amide bonds. The summed E-state index contributed by atoms with van der Waals surface area (Å²) in [7, 11) is 1.27. The van der Waals surface area contributed by atoms with Crippen LogP contribution in [0, 0.1) is 0 Å². The molecule has 0 bridgehead atoms. The molecular formula is C17H14N2O6. The molecule has 0 unspecified atom stereocenters. The van der Waals surface area contributed by atoms with Gasteiger partial charge in [-0.25, -0.2) is 14.4 Å². The molecular weight excluding hydrogens is 328 g/mol. The van der Waals surface area contributed by atoms with Crippen molar-refractivity contribution in [3.05, 3.63) is 64.1 Å². The quantitative estimate of drug-likeness (QED) is 0.705. The van der Waals surface area contributed by atoms with E-state index in [9.17, 15) is 14.4 Å². The Bertz CT molecular complexity index is 1020. The van der Waals surface area contributed by atoms with Crippen molar-refractivity contribution in [1.29, 1.82) is 0 Å². The number of benzene rings is 2. The number of carboxylic acid groups (broad SMARTS) is 1. The summed E-state index contributed by atoms with van der Waals surface area (Å²) in [6.45, 7) is 0.193. The zero-order chi connectivity index (χ0) is 18.0. The van der Waals surface area contributed by atoms with Gasteiger partial charge in [0.25, 0.3) is 0 Å². The normalized spacial score (nSPS) is 10.6. The van der Waals surface area contributed by atoms with Crippen molar-refractivity contribution in [3.63, 3.8) is 0 Å². The second-order valence-electron chi connectivity index (χ2n) is 5.26. The molecule has 0 spiro atoms. The minimum absolute atomic E-state index is 0.193. The fourth-order valence-electron chi connectivity index (χ4n) is 2.51. The predicted octanol–water partition coefficient (Wildman–Crippen LogP) is 2.52. The summed E-state index contributed by atoms with van der Waals surface area (Å²) < 4.78 is 11.2. The Morgan fingerprint density at radius 3 is 2.76 bits per heavy atom. The summed E-state index contributed by atoms with van der Waals surface area (Å²) in [6, 6.07) is 11.3. The van der Waals surface area contributed by atoms with E-state index in [1.54, 1.807) is 36.4 Å². The van der Waals surface area contributed by atoms with E-state index in [4.69, 9.17) is 9.52 Å². The van der Waals surface area contributed by atoms with E-state index in [2.05, 4.69) is 10.1 Å². The number of nitrogens with zero attached hydrogens (tertiary/aromatic N) is 1. The van der Waals surface area contributed by atoms with Crippen LogP contribution in [0.4, 0.5) is 10.5 Å². The lowest BCUT2D eigenvalue weighted by atomic mass is 10.2. The summed E-state index contributed by atoms with van der Waals surface area (Å²) in [5.74, 6) is -1.10. The van der Waals surface area contributed by atoms with Crippen molar-refractivity contribution in [2.24, 2.45) is 0 Å². The first-order valence-corrected chi connectivity index (χ1v) is 7.28. The third-order valence-electron chi connectivity index (χ3n) is 3.61. The van der Waals surface area contributed by atoms with Crippen LogP contribution < -0.4 is 11.1 Å². The van der Waals surface area contributed by atoms with Crippen LogP contribution in [0.15, 0.2) is 51.7 Å². The van der Waals surface area contributed by atoms with Crippen LogP contribution in [-0.4, -0.2) is 28.8 Å². The van der Waals surface area contributed by atoms with E-state index >= 15 is 0 Å². The van der Waals surface area contributed by atoms with E-state index in [0.29, 0.717) is 16.8 Å². The largest absolute Gasteiger partial charge is 0.465 e. The number of esters is 1. The van der Waals surface area contributed by atoms with Crippen LogP contribution in [0.3, 0.4) is 0 Å². The molecule has 1 aromatic heterocycles. The number of carbonyl (C=O) groups is 2. The molecule has 0 radical (unpaired) electrons. The molecule has 0 saturated carbocycles. The summed E-state index contributed by atoms with van der Waals surface area (Å²) in [5, 5.41) is 11.0. The molecule has 3 aromatic rings. The molecule has 0 aliphatic rings. The number of nitrogens with one attached hydrogen (secondary N) is 1.